The van der Waals surface area contributed by atoms with Crippen LogP contribution in [0.2, 0.25) is 0 Å². The van der Waals surface area contributed by atoms with Crippen LogP contribution in [0.5, 0.6) is 5.75 Å². The number of hydrogen-bond acceptors (Lipinski definition) is 5. The van der Waals surface area contributed by atoms with E-state index in [1.807, 2.05) is 36.2 Å². The van der Waals surface area contributed by atoms with Crippen LogP contribution in [0.4, 0.5) is 5.95 Å². The van der Waals surface area contributed by atoms with Crippen molar-refractivity contribution in [1.29, 1.82) is 0 Å². The van der Waals surface area contributed by atoms with Crippen LogP contribution in [0, 0.1) is 5.92 Å². The lowest BCUT2D eigenvalue weighted by Crippen LogP contribution is -2.44. The van der Waals surface area contributed by atoms with Crippen molar-refractivity contribution in [1.82, 2.24) is 14.9 Å². The minimum Gasteiger partial charge on any atom is -0.497 e. The molecule has 1 amide bonds. The zero-order chi connectivity index (χ0) is 18.5. The first kappa shape index (κ1) is 18.2. The molecule has 2 atom stereocenters. The van der Waals surface area contributed by atoms with E-state index in [0.717, 1.165) is 30.7 Å². The van der Waals surface area contributed by atoms with Gasteiger partial charge in [0, 0.05) is 32.5 Å². The number of aromatic nitrogens is 2. The van der Waals surface area contributed by atoms with Gasteiger partial charge in [0.05, 0.1) is 19.1 Å². The Morgan fingerprint density at radius 1 is 1.27 bits per heavy atom. The van der Waals surface area contributed by atoms with Crippen LogP contribution in [-0.4, -0.2) is 48.0 Å². The normalized spacial score (nSPS) is 18.3. The summed E-state index contributed by atoms with van der Waals surface area (Å²) in [6.07, 6.45) is 5.36. The molecular formula is C20H26N4O2. The molecule has 1 saturated heterocycles. The summed E-state index contributed by atoms with van der Waals surface area (Å²) in [5, 5.41) is 0. The van der Waals surface area contributed by atoms with Crippen molar-refractivity contribution in [2.24, 2.45) is 5.92 Å². The average Bonchev–Trinajstić information content (AvgIpc) is 2.73. The van der Waals surface area contributed by atoms with Gasteiger partial charge in [-0.2, -0.15) is 0 Å². The Morgan fingerprint density at radius 2 is 1.96 bits per heavy atom. The number of carbonyl (C=O) groups excluding carboxylic acids is 1. The monoisotopic (exact) mass is 354 g/mol. The van der Waals surface area contributed by atoms with Crippen molar-refractivity contribution in [3.63, 3.8) is 0 Å². The van der Waals surface area contributed by atoms with Gasteiger partial charge in [0.2, 0.25) is 11.9 Å². The highest BCUT2D eigenvalue weighted by atomic mass is 16.5. The topological polar surface area (TPSA) is 58.6 Å². The predicted octanol–water partition coefficient (Wildman–Crippen LogP) is 2.92. The van der Waals surface area contributed by atoms with E-state index < -0.39 is 0 Å². The Bertz CT molecular complexity index is 720. The van der Waals surface area contributed by atoms with E-state index in [4.69, 9.17) is 4.74 Å². The number of amides is 1. The minimum absolute atomic E-state index is 0.0109. The van der Waals surface area contributed by atoms with Crippen LogP contribution in [0.1, 0.15) is 31.4 Å². The largest absolute Gasteiger partial charge is 0.497 e. The summed E-state index contributed by atoms with van der Waals surface area (Å²) in [5.41, 5.74) is 1.10. The molecule has 0 saturated carbocycles. The van der Waals surface area contributed by atoms with Crippen LogP contribution >= 0.6 is 0 Å². The third-order valence-corrected chi connectivity index (χ3v) is 5.13. The summed E-state index contributed by atoms with van der Waals surface area (Å²) in [6.45, 7) is 3.62. The molecule has 0 N–H and O–H groups in total. The van der Waals surface area contributed by atoms with E-state index in [9.17, 15) is 4.79 Å². The van der Waals surface area contributed by atoms with Crippen LogP contribution in [0.3, 0.4) is 0 Å². The van der Waals surface area contributed by atoms with E-state index in [2.05, 4.69) is 21.8 Å². The molecule has 138 valence electrons. The molecule has 1 aromatic carbocycles. The molecule has 26 heavy (non-hydrogen) atoms. The molecule has 0 bridgehead atoms. The lowest BCUT2D eigenvalue weighted by atomic mass is 9.95. The maximum absolute atomic E-state index is 13.0. The summed E-state index contributed by atoms with van der Waals surface area (Å²) in [7, 11) is 3.54. The van der Waals surface area contributed by atoms with Crippen LogP contribution in [0.25, 0.3) is 0 Å². The number of nitrogens with zero attached hydrogens (tertiary/aromatic N) is 4. The SMILES string of the molecule is COc1ccc(C(C)N(C)C(=O)C2CCCN(c3ncccn3)C2)cc1. The third-order valence-electron chi connectivity index (χ3n) is 5.13. The van der Waals surface area contributed by atoms with Crippen molar-refractivity contribution in [3.8, 4) is 5.75 Å². The molecule has 2 aromatic rings. The Balaban J connectivity index is 1.67. The van der Waals surface area contributed by atoms with Crippen molar-refractivity contribution in [2.45, 2.75) is 25.8 Å². The van der Waals surface area contributed by atoms with Crippen LogP contribution in [-0.2, 0) is 4.79 Å². The maximum atomic E-state index is 13.0. The number of methoxy groups -OCH3 is 1. The lowest BCUT2D eigenvalue weighted by molar-refractivity contribution is -0.136. The van der Waals surface area contributed by atoms with Gasteiger partial charge in [-0.05, 0) is 43.5 Å². The molecule has 0 spiro atoms. The number of hydrogen-bond donors (Lipinski definition) is 0. The molecule has 0 radical (unpaired) electrons. The van der Waals surface area contributed by atoms with Crippen molar-refractivity contribution < 1.29 is 9.53 Å². The zero-order valence-corrected chi connectivity index (χ0v) is 15.6. The van der Waals surface area contributed by atoms with E-state index >= 15 is 0 Å². The second kappa shape index (κ2) is 8.17. The van der Waals surface area contributed by atoms with E-state index in [1.54, 1.807) is 25.6 Å². The summed E-state index contributed by atoms with van der Waals surface area (Å²) >= 11 is 0. The number of benzene rings is 1. The summed E-state index contributed by atoms with van der Waals surface area (Å²) < 4.78 is 5.21. The molecule has 6 nitrogen and oxygen atoms in total. The van der Waals surface area contributed by atoms with Gasteiger partial charge in [-0.25, -0.2) is 9.97 Å². The van der Waals surface area contributed by atoms with E-state index in [-0.39, 0.29) is 17.9 Å². The molecule has 1 aromatic heterocycles. The Kier molecular flexibility index (Phi) is 5.71. The predicted molar refractivity (Wildman–Crippen MR) is 101 cm³/mol. The Morgan fingerprint density at radius 3 is 2.62 bits per heavy atom. The summed E-state index contributed by atoms with van der Waals surface area (Å²) in [6, 6.07) is 9.70. The van der Waals surface area contributed by atoms with Crippen LogP contribution < -0.4 is 9.64 Å². The summed E-state index contributed by atoms with van der Waals surface area (Å²) in [4.78, 5) is 25.6. The van der Waals surface area contributed by atoms with E-state index in [0.29, 0.717) is 12.5 Å². The average molecular weight is 354 g/mol. The number of anilines is 1. The molecule has 1 aliphatic rings. The smallest absolute Gasteiger partial charge is 0.227 e. The van der Waals surface area contributed by atoms with Crippen LogP contribution in [0.15, 0.2) is 42.7 Å². The molecule has 2 heterocycles. The molecule has 1 fully saturated rings. The minimum atomic E-state index is -0.0294. The highest BCUT2D eigenvalue weighted by Gasteiger charge is 2.30. The van der Waals surface area contributed by atoms with Gasteiger partial charge < -0.3 is 14.5 Å². The van der Waals surface area contributed by atoms with Gasteiger partial charge in [-0.3, -0.25) is 4.79 Å². The van der Waals surface area contributed by atoms with Gasteiger partial charge in [-0.15, -0.1) is 0 Å². The highest BCUT2D eigenvalue weighted by molar-refractivity contribution is 5.80. The third kappa shape index (κ3) is 3.95. The van der Waals surface area contributed by atoms with Gasteiger partial charge in [0.15, 0.2) is 0 Å². The number of carbonyl (C=O) groups is 1. The van der Waals surface area contributed by atoms with Gasteiger partial charge in [0.1, 0.15) is 5.75 Å². The number of rotatable bonds is 5. The van der Waals surface area contributed by atoms with Gasteiger partial charge in [0.25, 0.3) is 0 Å². The molecular weight excluding hydrogens is 328 g/mol. The zero-order valence-electron chi connectivity index (χ0n) is 15.6. The quantitative estimate of drug-likeness (QED) is 0.826. The van der Waals surface area contributed by atoms with Gasteiger partial charge >= 0.3 is 0 Å². The fourth-order valence-corrected chi connectivity index (χ4v) is 3.40. The second-order valence-corrected chi connectivity index (χ2v) is 6.73. The van der Waals surface area contributed by atoms with Crippen molar-refractivity contribution in [3.05, 3.63) is 48.3 Å². The first-order valence-electron chi connectivity index (χ1n) is 9.02. The molecule has 6 heteroatoms. The number of ether oxygens (including phenoxy) is 1. The number of piperidine rings is 1. The Hall–Kier alpha value is -2.63. The maximum Gasteiger partial charge on any atom is 0.227 e. The fraction of sp³-hybridized carbons (Fsp3) is 0.450. The second-order valence-electron chi connectivity index (χ2n) is 6.73. The molecule has 3 rings (SSSR count). The first-order chi connectivity index (χ1) is 12.6. The first-order valence-corrected chi connectivity index (χ1v) is 9.02. The molecule has 2 unspecified atom stereocenters. The van der Waals surface area contributed by atoms with Crippen molar-refractivity contribution in [2.75, 3.05) is 32.1 Å². The van der Waals surface area contributed by atoms with Gasteiger partial charge in [-0.1, -0.05) is 12.1 Å². The lowest BCUT2D eigenvalue weighted by Gasteiger charge is -2.35. The fourth-order valence-electron chi connectivity index (χ4n) is 3.40. The molecule has 1 aliphatic heterocycles. The Labute approximate surface area is 154 Å². The van der Waals surface area contributed by atoms with E-state index in [1.165, 1.54) is 0 Å². The summed E-state index contributed by atoms with van der Waals surface area (Å²) in [5.74, 6) is 1.67. The standard InChI is InChI=1S/C20H26N4O2/c1-15(16-7-9-18(26-3)10-8-16)23(2)19(25)17-6-4-13-24(14-17)20-21-11-5-12-22-20/h5,7-12,15,17H,4,6,13-14H2,1-3H3. The highest BCUT2D eigenvalue weighted by Crippen LogP contribution is 2.26. The molecule has 0 aliphatic carbocycles. The van der Waals surface area contributed by atoms with Crippen molar-refractivity contribution >= 4 is 11.9 Å².